The van der Waals surface area contributed by atoms with Crippen molar-refractivity contribution in [3.05, 3.63) is 0 Å². The summed E-state index contributed by atoms with van der Waals surface area (Å²) < 4.78 is 10.6. The fourth-order valence-corrected chi connectivity index (χ4v) is 3.63. The van der Waals surface area contributed by atoms with Crippen LogP contribution in [0, 0.1) is 0 Å². The number of nitrogens with one attached hydrogen (secondary N) is 1. The topological polar surface area (TPSA) is 64.6 Å². The van der Waals surface area contributed by atoms with Gasteiger partial charge in [-0.3, -0.25) is 0 Å². The Hall–Kier alpha value is -1.26. The Morgan fingerprint density at radius 3 is 1.48 bits per heavy atom. The minimum Gasteiger partial charge on any atom is -0.464 e. The number of amides is 1. The summed E-state index contributed by atoms with van der Waals surface area (Å²) >= 11 is 0. The SMILES string of the molecule is CCCCCCCCCCCCCCOC(=O)[C@H](CCC)NC(=O)OCCCCCC. The van der Waals surface area contributed by atoms with Crippen molar-refractivity contribution in [3.8, 4) is 0 Å². The first-order chi connectivity index (χ1) is 15.2. The first kappa shape index (κ1) is 29.7. The summed E-state index contributed by atoms with van der Waals surface area (Å²) in [6, 6.07) is -0.606. The summed E-state index contributed by atoms with van der Waals surface area (Å²) in [6.45, 7) is 7.23. The summed E-state index contributed by atoms with van der Waals surface area (Å²) in [7, 11) is 0. The molecule has 5 heteroatoms. The number of ether oxygens (including phenoxy) is 2. The van der Waals surface area contributed by atoms with Crippen molar-refractivity contribution in [3.63, 3.8) is 0 Å². The lowest BCUT2D eigenvalue weighted by molar-refractivity contribution is -0.146. The third-order valence-corrected chi connectivity index (χ3v) is 5.63. The number of alkyl carbamates (subject to hydrolysis) is 1. The van der Waals surface area contributed by atoms with Gasteiger partial charge in [-0.1, -0.05) is 117 Å². The van der Waals surface area contributed by atoms with E-state index < -0.39 is 12.1 Å². The van der Waals surface area contributed by atoms with E-state index in [1.54, 1.807) is 0 Å². The number of carbonyl (C=O) groups excluding carboxylic acids is 2. The van der Waals surface area contributed by atoms with E-state index in [0.29, 0.717) is 19.6 Å². The molecule has 0 aromatic rings. The zero-order chi connectivity index (χ0) is 23.0. The highest BCUT2D eigenvalue weighted by atomic mass is 16.6. The van der Waals surface area contributed by atoms with Gasteiger partial charge in [0.2, 0.25) is 0 Å². The Labute approximate surface area is 192 Å². The molecule has 0 aliphatic heterocycles. The molecular formula is C26H51NO4. The van der Waals surface area contributed by atoms with Crippen molar-refractivity contribution >= 4 is 12.1 Å². The second-order valence-corrected chi connectivity index (χ2v) is 8.74. The van der Waals surface area contributed by atoms with E-state index >= 15 is 0 Å². The minimum atomic E-state index is -0.606. The molecule has 184 valence electrons. The third kappa shape index (κ3) is 20.4. The predicted molar refractivity (Wildman–Crippen MR) is 129 cm³/mol. The summed E-state index contributed by atoms with van der Waals surface area (Å²) in [5.74, 6) is -0.340. The van der Waals surface area contributed by atoms with E-state index in [-0.39, 0.29) is 5.97 Å². The molecule has 0 spiro atoms. The molecule has 0 fully saturated rings. The monoisotopic (exact) mass is 441 g/mol. The molecule has 1 N–H and O–H groups in total. The van der Waals surface area contributed by atoms with Crippen molar-refractivity contribution < 1.29 is 19.1 Å². The first-order valence-electron chi connectivity index (χ1n) is 13.3. The average molecular weight is 442 g/mol. The van der Waals surface area contributed by atoms with E-state index in [9.17, 15) is 9.59 Å². The van der Waals surface area contributed by atoms with Gasteiger partial charge < -0.3 is 14.8 Å². The van der Waals surface area contributed by atoms with Gasteiger partial charge >= 0.3 is 12.1 Å². The molecule has 1 atom stereocenters. The molecule has 1 amide bonds. The Balaban J connectivity index is 3.70. The number of carbonyl (C=O) groups is 2. The highest BCUT2D eigenvalue weighted by Crippen LogP contribution is 2.12. The van der Waals surface area contributed by atoms with E-state index in [0.717, 1.165) is 44.9 Å². The molecule has 0 aliphatic carbocycles. The molecule has 0 aliphatic rings. The van der Waals surface area contributed by atoms with Gasteiger partial charge in [-0.15, -0.1) is 0 Å². The smallest absolute Gasteiger partial charge is 0.407 e. The van der Waals surface area contributed by atoms with Crippen LogP contribution in [0.25, 0.3) is 0 Å². The van der Waals surface area contributed by atoms with E-state index in [1.165, 1.54) is 64.2 Å². The van der Waals surface area contributed by atoms with Crippen molar-refractivity contribution in [2.45, 2.75) is 142 Å². The normalized spacial score (nSPS) is 11.8. The molecule has 0 aromatic carbocycles. The van der Waals surface area contributed by atoms with Gasteiger partial charge in [0.1, 0.15) is 6.04 Å². The summed E-state index contributed by atoms with van der Waals surface area (Å²) in [5.41, 5.74) is 0. The van der Waals surface area contributed by atoms with Gasteiger partial charge in [0, 0.05) is 0 Å². The summed E-state index contributed by atoms with van der Waals surface area (Å²) in [4.78, 5) is 24.2. The maximum Gasteiger partial charge on any atom is 0.407 e. The van der Waals surface area contributed by atoms with E-state index in [1.807, 2.05) is 6.92 Å². The Kier molecular flexibility index (Phi) is 22.5. The van der Waals surface area contributed by atoms with Crippen LogP contribution in [-0.4, -0.2) is 31.3 Å². The van der Waals surface area contributed by atoms with Crippen molar-refractivity contribution in [1.29, 1.82) is 0 Å². The Morgan fingerprint density at radius 1 is 0.581 bits per heavy atom. The van der Waals surface area contributed by atoms with Crippen LogP contribution in [0.15, 0.2) is 0 Å². The van der Waals surface area contributed by atoms with Crippen LogP contribution in [0.3, 0.4) is 0 Å². The molecule has 0 heterocycles. The third-order valence-electron chi connectivity index (χ3n) is 5.63. The lowest BCUT2D eigenvalue weighted by atomic mass is 10.1. The van der Waals surface area contributed by atoms with Crippen LogP contribution < -0.4 is 5.32 Å². The molecule has 5 nitrogen and oxygen atoms in total. The van der Waals surface area contributed by atoms with Gasteiger partial charge in [0.05, 0.1) is 13.2 Å². The second-order valence-electron chi connectivity index (χ2n) is 8.74. The zero-order valence-electron chi connectivity index (χ0n) is 20.9. The maximum absolute atomic E-state index is 12.3. The largest absolute Gasteiger partial charge is 0.464 e. The lowest BCUT2D eigenvalue weighted by Gasteiger charge is -2.17. The Morgan fingerprint density at radius 2 is 1.00 bits per heavy atom. The fourth-order valence-electron chi connectivity index (χ4n) is 3.63. The van der Waals surface area contributed by atoms with Crippen LogP contribution in [0.4, 0.5) is 4.79 Å². The van der Waals surface area contributed by atoms with Crippen molar-refractivity contribution in [2.75, 3.05) is 13.2 Å². The molecule has 0 rings (SSSR count). The van der Waals surface area contributed by atoms with Crippen molar-refractivity contribution in [1.82, 2.24) is 5.32 Å². The minimum absolute atomic E-state index is 0.340. The van der Waals surface area contributed by atoms with Crippen LogP contribution >= 0.6 is 0 Å². The van der Waals surface area contributed by atoms with Crippen LogP contribution in [0.1, 0.15) is 136 Å². The first-order valence-corrected chi connectivity index (χ1v) is 13.3. The molecule has 0 radical (unpaired) electrons. The molecular weight excluding hydrogens is 390 g/mol. The molecule has 0 saturated heterocycles. The van der Waals surface area contributed by atoms with Crippen LogP contribution in [-0.2, 0) is 14.3 Å². The van der Waals surface area contributed by atoms with Crippen LogP contribution in [0.2, 0.25) is 0 Å². The zero-order valence-corrected chi connectivity index (χ0v) is 20.9. The molecule has 0 saturated carbocycles. The van der Waals surface area contributed by atoms with Crippen LogP contribution in [0.5, 0.6) is 0 Å². The second kappa shape index (κ2) is 23.4. The molecule has 0 bridgehead atoms. The van der Waals surface area contributed by atoms with E-state index in [4.69, 9.17) is 9.47 Å². The number of rotatable bonds is 22. The number of hydrogen-bond acceptors (Lipinski definition) is 4. The van der Waals surface area contributed by atoms with Gasteiger partial charge in [-0.25, -0.2) is 9.59 Å². The van der Waals surface area contributed by atoms with Gasteiger partial charge in [0.15, 0.2) is 0 Å². The highest BCUT2D eigenvalue weighted by Gasteiger charge is 2.21. The fraction of sp³-hybridized carbons (Fsp3) is 0.923. The van der Waals surface area contributed by atoms with Gasteiger partial charge in [-0.2, -0.15) is 0 Å². The number of esters is 1. The maximum atomic E-state index is 12.3. The van der Waals surface area contributed by atoms with Gasteiger partial charge in [-0.05, 0) is 19.3 Å². The number of hydrogen-bond donors (Lipinski definition) is 1. The summed E-state index contributed by atoms with van der Waals surface area (Å²) in [5, 5.41) is 2.67. The Bertz CT molecular complexity index is 414. The van der Waals surface area contributed by atoms with E-state index in [2.05, 4.69) is 19.2 Å². The molecule has 0 aromatic heterocycles. The summed E-state index contributed by atoms with van der Waals surface area (Å²) in [6.07, 6.45) is 20.4. The standard InChI is InChI=1S/C26H51NO4/c1-4-7-9-11-12-13-14-15-16-17-18-20-22-30-25(28)24(21-6-3)27-26(29)31-23-19-10-8-5-2/h24H,4-23H2,1-3H3,(H,27,29)/t24-/m0/s1. The quantitative estimate of drug-likeness (QED) is 0.138. The highest BCUT2D eigenvalue weighted by molar-refractivity contribution is 5.81. The van der Waals surface area contributed by atoms with Gasteiger partial charge in [0.25, 0.3) is 0 Å². The number of unbranched alkanes of at least 4 members (excludes halogenated alkanes) is 14. The predicted octanol–water partition coefficient (Wildman–Crippen LogP) is 7.71. The average Bonchev–Trinajstić information content (AvgIpc) is 2.76. The molecule has 0 unspecified atom stereocenters. The van der Waals surface area contributed by atoms with Crippen molar-refractivity contribution in [2.24, 2.45) is 0 Å². The lowest BCUT2D eigenvalue weighted by Crippen LogP contribution is -2.42. The molecule has 31 heavy (non-hydrogen) atoms.